The third kappa shape index (κ3) is 5.89. The average Bonchev–Trinajstić information content (AvgIpc) is 3.16. The van der Waals surface area contributed by atoms with Crippen molar-refractivity contribution in [1.29, 1.82) is 0 Å². The zero-order chi connectivity index (χ0) is 24.2. The van der Waals surface area contributed by atoms with Crippen molar-refractivity contribution in [2.45, 2.75) is 48.0 Å². The molecule has 174 valence electrons. The van der Waals surface area contributed by atoms with Gasteiger partial charge in [-0.3, -0.25) is 9.59 Å². The predicted octanol–water partition coefficient (Wildman–Crippen LogP) is 5.38. The smallest absolute Gasteiger partial charge is 0.245 e. The molecular weight excluding hydrogens is 412 g/mol. The summed E-state index contributed by atoms with van der Waals surface area (Å²) in [5, 5.41) is 7.81. The number of nitrogens with zero attached hydrogens (tertiary/aromatic N) is 3. The van der Waals surface area contributed by atoms with Crippen LogP contribution in [0.3, 0.4) is 0 Å². The van der Waals surface area contributed by atoms with Crippen molar-refractivity contribution in [1.82, 2.24) is 14.7 Å². The normalized spacial score (nSPS) is 11.3. The van der Waals surface area contributed by atoms with Gasteiger partial charge in [0.2, 0.25) is 11.8 Å². The molecule has 0 unspecified atom stereocenters. The third-order valence-corrected chi connectivity index (χ3v) is 5.38. The van der Waals surface area contributed by atoms with Crippen LogP contribution in [0.1, 0.15) is 45.2 Å². The molecule has 1 heterocycles. The monoisotopic (exact) mass is 446 g/mol. The Labute approximate surface area is 196 Å². The van der Waals surface area contributed by atoms with Crippen molar-refractivity contribution in [3.8, 4) is 16.9 Å². The number of benzene rings is 2. The van der Waals surface area contributed by atoms with Gasteiger partial charge in [0.05, 0.1) is 17.9 Å². The Morgan fingerprint density at radius 2 is 1.73 bits per heavy atom. The highest BCUT2D eigenvalue weighted by Gasteiger charge is 2.28. The third-order valence-electron chi connectivity index (χ3n) is 5.38. The van der Waals surface area contributed by atoms with E-state index in [1.165, 1.54) is 0 Å². The van der Waals surface area contributed by atoms with Gasteiger partial charge in [0, 0.05) is 23.6 Å². The summed E-state index contributed by atoms with van der Waals surface area (Å²) in [6.07, 6.45) is 0.785. The Morgan fingerprint density at radius 3 is 2.33 bits per heavy atom. The van der Waals surface area contributed by atoms with Gasteiger partial charge >= 0.3 is 0 Å². The molecule has 0 bridgehead atoms. The first-order valence-corrected chi connectivity index (χ1v) is 11.4. The van der Waals surface area contributed by atoms with Crippen LogP contribution >= 0.6 is 0 Å². The molecule has 1 aromatic heterocycles. The maximum Gasteiger partial charge on any atom is 0.245 e. The first-order valence-electron chi connectivity index (χ1n) is 11.4. The highest BCUT2D eigenvalue weighted by Crippen LogP contribution is 2.27. The van der Waals surface area contributed by atoms with Gasteiger partial charge in [-0.2, -0.15) is 5.10 Å². The number of carbonyl (C=O) groups is 2. The molecule has 1 N–H and O–H groups in total. The summed E-state index contributed by atoms with van der Waals surface area (Å²) in [5.74, 6) is 0.296. The summed E-state index contributed by atoms with van der Waals surface area (Å²) >= 11 is 0. The molecule has 0 fully saturated rings. The SMILES string of the molecule is CCCN(CC(=O)Nc1cc(-c2ccccc2)nn1-c1ccc(C)cc1C)C(=O)C(C)(C)C. The average molecular weight is 447 g/mol. The van der Waals surface area contributed by atoms with Gasteiger partial charge in [-0.1, -0.05) is 75.7 Å². The number of aromatic nitrogens is 2. The summed E-state index contributed by atoms with van der Waals surface area (Å²) in [6.45, 7) is 12.2. The van der Waals surface area contributed by atoms with Crippen molar-refractivity contribution in [2.24, 2.45) is 5.41 Å². The molecule has 0 radical (unpaired) electrons. The Bertz CT molecular complexity index is 1130. The first kappa shape index (κ1) is 24.2. The van der Waals surface area contributed by atoms with Crippen LogP contribution in [0.15, 0.2) is 54.6 Å². The van der Waals surface area contributed by atoms with Gasteiger partial charge in [0.1, 0.15) is 5.82 Å². The van der Waals surface area contributed by atoms with Gasteiger partial charge in [0.15, 0.2) is 0 Å². The van der Waals surface area contributed by atoms with Crippen LogP contribution in [-0.4, -0.2) is 39.6 Å². The van der Waals surface area contributed by atoms with Crippen molar-refractivity contribution in [2.75, 3.05) is 18.4 Å². The number of hydrogen-bond donors (Lipinski definition) is 1. The number of hydrogen-bond acceptors (Lipinski definition) is 3. The molecule has 0 aliphatic heterocycles. The fourth-order valence-electron chi connectivity index (χ4n) is 3.80. The minimum Gasteiger partial charge on any atom is -0.333 e. The van der Waals surface area contributed by atoms with E-state index in [9.17, 15) is 9.59 Å². The highest BCUT2D eigenvalue weighted by atomic mass is 16.2. The van der Waals surface area contributed by atoms with E-state index in [0.717, 1.165) is 34.5 Å². The second kappa shape index (κ2) is 10.0. The molecule has 0 atom stereocenters. The maximum atomic E-state index is 13.1. The van der Waals surface area contributed by atoms with Crippen LogP contribution in [0, 0.1) is 19.3 Å². The van der Waals surface area contributed by atoms with Crippen LogP contribution in [0.25, 0.3) is 16.9 Å². The van der Waals surface area contributed by atoms with Crippen LogP contribution in [-0.2, 0) is 9.59 Å². The Morgan fingerprint density at radius 1 is 1.03 bits per heavy atom. The number of nitrogens with one attached hydrogen (secondary N) is 1. The standard InChI is InChI=1S/C27H34N4O2/c1-7-15-30(26(33)27(4,5)6)18-25(32)28-24-17-22(21-11-9-8-10-12-21)29-31(24)23-14-13-19(2)16-20(23)3/h8-14,16-17H,7,15,18H2,1-6H3,(H,28,32). The summed E-state index contributed by atoms with van der Waals surface area (Å²) < 4.78 is 1.77. The molecule has 0 saturated carbocycles. The topological polar surface area (TPSA) is 67.2 Å². The van der Waals surface area contributed by atoms with E-state index in [2.05, 4.69) is 11.4 Å². The molecule has 0 aliphatic rings. The minimum absolute atomic E-state index is 0.00265. The number of aryl methyl sites for hydroxylation is 2. The van der Waals surface area contributed by atoms with Gasteiger partial charge in [0.25, 0.3) is 0 Å². The van der Waals surface area contributed by atoms with Gasteiger partial charge < -0.3 is 10.2 Å². The lowest BCUT2D eigenvalue weighted by atomic mass is 9.94. The van der Waals surface area contributed by atoms with Gasteiger partial charge in [-0.25, -0.2) is 4.68 Å². The number of anilines is 1. The molecule has 6 nitrogen and oxygen atoms in total. The van der Waals surface area contributed by atoms with Crippen molar-refractivity contribution in [3.05, 3.63) is 65.7 Å². The lowest BCUT2D eigenvalue weighted by Gasteiger charge is -2.28. The Balaban J connectivity index is 1.94. The molecule has 2 amide bonds. The van der Waals surface area contributed by atoms with Crippen LogP contribution in [0.5, 0.6) is 0 Å². The molecule has 33 heavy (non-hydrogen) atoms. The van der Waals surface area contributed by atoms with Crippen molar-refractivity contribution < 1.29 is 9.59 Å². The second-order valence-electron chi connectivity index (χ2n) is 9.51. The summed E-state index contributed by atoms with van der Waals surface area (Å²) in [5.41, 5.74) is 4.30. The summed E-state index contributed by atoms with van der Waals surface area (Å²) in [7, 11) is 0. The lowest BCUT2D eigenvalue weighted by molar-refractivity contribution is -0.141. The van der Waals surface area contributed by atoms with E-state index < -0.39 is 5.41 Å². The molecule has 3 rings (SSSR count). The van der Waals surface area contributed by atoms with Crippen LogP contribution in [0.4, 0.5) is 5.82 Å². The van der Waals surface area contributed by atoms with Gasteiger partial charge in [-0.15, -0.1) is 0 Å². The molecule has 3 aromatic rings. The van der Waals surface area contributed by atoms with E-state index in [-0.39, 0.29) is 18.4 Å². The second-order valence-corrected chi connectivity index (χ2v) is 9.51. The first-order chi connectivity index (χ1) is 15.6. The number of amides is 2. The molecule has 0 saturated heterocycles. The zero-order valence-corrected chi connectivity index (χ0v) is 20.5. The molecular formula is C27H34N4O2. The van der Waals surface area contributed by atoms with Crippen molar-refractivity contribution >= 4 is 17.6 Å². The van der Waals surface area contributed by atoms with Gasteiger partial charge in [-0.05, 0) is 31.9 Å². The molecule has 0 spiro atoms. The van der Waals surface area contributed by atoms with Crippen LogP contribution < -0.4 is 5.32 Å². The molecule has 0 aliphatic carbocycles. The molecule has 6 heteroatoms. The van der Waals surface area contributed by atoms with E-state index in [4.69, 9.17) is 5.10 Å². The Kier molecular flexibility index (Phi) is 7.36. The van der Waals surface area contributed by atoms with E-state index in [0.29, 0.717) is 12.4 Å². The highest BCUT2D eigenvalue weighted by molar-refractivity contribution is 5.95. The Hall–Kier alpha value is -3.41. The quantitative estimate of drug-likeness (QED) is 0.530. The van der Waals surface area contributed by atoms with E-state index >= 15 is 0 Å². The number of rotatable bonds is 7. The molecule has 2 aromatic carbocycles. The lowest BCUT2D eigenvalue weighted by Crippen LogP contribution is -2.44. The zero-order valence-electron chi connectivity index (χ0n) is 20.5. The predicted molar refractivity (Wildman–Crippen MR) is 133 cm³/mol. The summed E-state index contributed by atoms with van der Waals surface area (Å²) in [4.78, 5) is 27.5. The maximum absolute atomic E-state index is 13.1. The van der Waals surface area contributed by atoms with Crippen LogP contribution in [0.2, 0.25) is 0 Å². The largest absolute Gasteiger partial charge is 0.333 e. The van der Waals surface area contributed by atoms with E-state index in [1.54, 1.807) is 9.58 Å². The summed E-state index contributed by atoms with van der Waals surface area (Å²) in [6, 6.07) is 17.9. The fraction of sp³-hybridized carbons (Fsp3) is 0.370. The number of carbonyl (C=O) groups excluding carboxylic acids is 2. The fourth-order valence-corrected chi connectivity index (χ4v) is 3.80. The van der Waals surface area contributed by atoms with Crippen molar-refractivity contribution in [3.63, 3.8) is 0 Å². The minimum atomic E-state index is -0.545. The van der Waals surface area contributed by atoms with E-state index in [1.807, 2.05) is 90.1 Å².